The molecule has 2 aliphatic heterocycles. The normalized spacial score (nSPS) is 30.6. The van der Waals surface area contributed by atoms with Crippen molar-refractivity contribution in [2.75, 3.05) is 126 Å². The van der Waals surface area contributed by atoms with Crippen LogP contribution in [0.15, 0.2) is 23.0 Å². The summed E-state index contributed by atoms with van der Waals surface area (Å²) in [5.41, 5.74) is 0. The van der Waals surface area contributed by atoms with E-state index in [1.54, 1.807) is 27.7 Å². The van der Waals surface area contributed by atoms with Gasteiger partial charge in [0, 0.05) is 44.5 Å². The Hall–Kier alpha value is -2.40. The third-order valence-electron chi connectivity index (χ3n) is 13.7. The first-order valence-electron chi connectivity index (χ1n) is 28.9. The molecule has 2 saturated heterocycles. The molecule has 3 aliphatic rings. The molecule has 85 heavy (non-hydrogen) atoms. The zero-order valence-corrected chi connectivity index (χ0v) is 49.5. The van der Waals surface area contributed by atoms with E-state index in [1.165, 1.54) is 0 Å². The number of aliphatic hydroxyl groups excluding tert-OH is 16. The molecule has 9 unspecified atom stereocenters. The van der Waals surface area contributed by atoms with Crippen molar-refractivity contribution in [2.45, 2.75) is 178 Å². The average molecular weight is 1250 g/mol. The first kappa shape index (κ1) is 76.8. The Morgan fingerprint density at radius 1 is 0.482 bits per heavy atom. The second-order valence-electron chi connectivity index (χ2n) is 21.1. The molecule has 3 fully saturated rings. The van der Waals surface area contributed by atoms with Crippen LogP contribution in [0.25, 0.3) is 0 Å². The molecule has 19 atom stereocenters. The molecular weight excluding hydrogens is 1140 g/mol. The Morgan fingerprint density at radius 2 is 0.976 bits per heavy atom. The summed E-state index contributed by atoms with van der Waals surface area (Å²) in [6.07, 6.45) is -29.9. The molecule has 0 aromatic heterocycles. The van der Waals surface area contributed by atoms with Crippen molar-refractivity contribution in [3.8, 4) is 0 Å². The maximum absolute atomic E-state index is 12.3. The van der Waals surface area contributed by atoms with Crippen LogP contribution >= 0.6 is 0 Å². The summed E-state index contributed by atoms with van der Waals surface area (Å²) in [6.45, 7) is 2.80. The lowest BCUT2D eigenvalue weighted by Gasteiger charge is -2.50. The van der Waals surface area contributed by atoms with Gasteiger partial charge in [-0.05, 0) is 40.0 Å². The maximum Gasteiger partial charge on any atom is 0.218 e. The molecule has 2 heterocycles. The fourth-order valence-corrected chi connectivity index (χ4v) is 9.95. The van der Waals surface area contributed by atoms with Gasteiger partial charge >= 0.3 is 0 Å². The van der Waals surface area contributed by atoms with Gasteiger partial charge in [-0.1, -0.05) is 13.8 Å². The zero-order valence-electron chi connectivity index (χ0n) is 49.5. The molecule has 0 amide bonds. The highest BCUT2D eigenvalue weighted by molar-refractivity contribution is 5.11. The Bertz CT molecular complexity index is 1800. The molecule has 502 valence electrons. The molecule has 0 spiro atoms. The van der Waals surface area contributed by atoms with Crippen LogP contribution in [0.2, 0.25) is 0 Å². The first-order valence-corrected chi connectivity index (χ1v) is 28.9. The van der Waals surface area contributed by atoms with E-state index in [0.717, 1.165) is 0 Å². The predicted octanol–water partition coefficient (Wildman–Crippen LogP) is -4.32. The third kappa shape index (κ3) is 24.4. The Morgan fingerprint density at radius 3 is 1.48 bits per heavy atom. The standard InChI is InChI=1S/C54H100O31/c1-29(2)38-36(27-73-20-11-57)83-54(50(41(38)65)77-24-15-61)85-45-32(26-62)25-35(46(44(45)68)74-21-12-58)81-47-37(28-78-33(7-16-71-18-9-55)39(63)48(75-22-13-59)51(69)79-30(3)4)84-53(43(67)42(47)66)82-34(8-17-72-19-10-56)40(64)49(76-23-14-60)52(70)80-31(5)6/h29-38,41-47,50-70H,7-28H2,1-6H3/b48-39+,49-40-/t32?,33-,34-,35+,36?,37?,38+,41?,42?,43?,44?,45-,46?,47-,50?,51-,52-,53+,54-/m0/s1. The van der Waals surface area contributed by atoms with Crippen molar-refractivity contribution in [1.82, 2.24) is 0 Å². The summed E-state index contributed by atoms with van der Waals surface area (Å²) >= 11 is 0. The van der Waals surface area contributed by atoms with Crippen LogP contribution in [0.4, 0.5) is 0 Å². The monoisotopic (exact) mass is 1240 g/mol. The predicted molar refractivity (Wildman–Crippen MR) is 289 cm³/mol. The van der Waals surface area contributed by atoms with Crippen molar-refractivity contribution in [1.29, 1.82) is 0 Å². The third-order valence-corrected chi connectivity index (χ3v) is 13.7. The number of hydrogen-bond donors (Lipinski definition) is 16. The Kier molecular flexibility index (Phi) is 37.8. The van der Waals surface area contributed by atoms with Crippen LogP contribution in [0.3, 0.4) is 0 Å². The van der Waals surface area contributed by atoms with Gasteiger partial charge in [-0.15, -0.1) is 0 Å². The first-order chi connectivity index (χ1) is 40.7. The van der Waals surface area contributed by atoms with E-state index in [9.17, 15) is 81.7 Å². The summed E-state index contributed by atoms with van der Waals surface area (Å²) in [5.74, 6) is -4.72. The summed E-state index contributed by atoms with van der Waals surface area (Å²) in [4.78, 5) is 0. The Labute approximate surface area is 495 Å². The van der Waals surface area contributed by atoms with Gasteiger partial charge in [0.25, 0.3) is 0 Å². The molecule has 0 radical (unpaired) electrons. The molecule has 0 bridgehead atoms. The van der Waals surface area contributed by atoms with E-state index < -0.39 is 218 Å². The van der Waals surface area contributed by atoms with Crippen LogP contribution in [0, 0.1) is 17.8 Å². The average Bonchev–Trinajstić information content (AvgIpc) is 3.61. The van der Waals surface area contributed by atoms with Gasteiger partial charge in [-0.2, -0.15) is 0 Å². The minimum absolute atomic E-state index is 0.0566. The van der Waals surface area contributed by atoms with E-state index in [0.29, 0.717) is 0 Å². The van der Waals surface area contributed by atoms with Gasteiger partial charge in [0.15, 0.2) is 35.6 Å². The van der Waals surface area contributed by atoms with Crippen LogP contribution < -0.4 is 0 Å². The van der Waals surface area contributed by atoms with Crippen LogP contribution in [-0.2, 0) is 71.1 Å². The number of hydrogen-bond acceptors (Lipinski definition) is 31. The van der Waals surface area contributed by atoms with Crippen molar-refractivity contribution in [3.05, 3.63) is 23.0 Å². The van der Waals surface area contributed by atoms with Crippen LogP contribution in [0.5, 0.6) is 0 Å². The minimum atomic E-state index is -2.13. The molecule has 31 heteroatoms. The summed E-state index contributed by atoms with van der Waals surface area (Å²) in [6, 6.07) is 0. The largest absolute Gasteiger partial charge is 0.506 e. The fraction of sp³-hybridized carbons (Fsp3) is 0.926. The quantitative estimate of drug-likeness (QED) is 0.0156. The molecule has 0 aromatic rings. The van der Waals surface area contributed by atoms with Crippen molar-refractivity contribution in [3.63, 3.8) is 0 Å². The van der Waals surface area contributed by atoms with Gasteiger partial charge < -0.3 is 153 Å². The summed E-state index contributed by atoms with van der Waals surface area (Å²) in [5, 5.41) is 173. The van der Waals surface area contributed by atoms with Gasteiger partial charge in [0.1, 0.15) is 68.1 Å². The zero-order chi connectivity index (χ0) is 63.2. The number of ether oxygens (including phenoxy) is 15. The van der Waals surface area contributed by atoms with Crippen molar-refractivity contribution in [2.24, 2.45) is 17.8 Å². The lowest BCUT2D eigenvalue weighted by molar-refractivity contribution is -0.347. The summed E-state index contributed by atoms with van der Waals surface area (Å²) in [7, 11) is 0. The second kappa shape index (κ2) is 41.8. The highest BCUT2D eigenvalue weighted by Crippen LogP contribution is 2.40. The smallest absolute Gasteiger partial charge is 0.218 e. The molecule has 0 aromatic carbocycles. The lowest BCUT2D eigenvalue weighted by atomic mass is 9.79. The second-order valence-corrected chi connectivity index (χ2v) is 21.1. The maximum atomic E-state index is 12.3. The molecule has 31 nitrogen and oxygen atoms in total. The van der Waals surface area contributed by atoms with Gasteiger partial charge in [0.05, 0.1) is 129 Å². The highest BCUT2D eigenvalue weighted by atomic mass is 16.7. The number of aliphatic hydroxyl groups is 16. The van der Waals surface area contributed by atoms with Gasteiger partial charge in [-0.3, -0.25) is 0 Å². The number of rotatable bonds is 45. The van der Waals surface area contributed by atoms with Crippen molar-refractivity contribution < 1.29 is 153 Å². The van der Waals surface area contributed by atoms with E-state index >= 15 is 0 Å². The molecule has 3 rings (SSSR count). The van der Waals surface area contributed by atoms with Crippen molar-refractivity contribution >= 4 is 0 Å². The SMILES string of the molecule is CC(C)O[C@H](O)/C(OCCO)=C(/O)[C@H](CCOCCO)O[C@@H]1OC(CO[C@@H](CCOCCO)/C(O)=C(\OCCO)[C@@H](O)OC(C)C)[C@H](O[C@@H]2CC(CO)[C@H](O[C@@H]3OC(COCCO)[C@@H](C(C)C)C(O)C3OCCO)C(O)C2OCCO)C(O)C1O. The van der Waals surface area contributed by atoms with Crippen LogP contribution in [-0.4, -0.2) is 324 Å². The van der Waals surface area contributed by atoms with E-state index in [-0.39, 0.29) is 84.6 Å². The van der Waals surface area contributed by atoms with E-state index in [1.807, 2.05) is 13.8 Å². The Balaban J connectivity index is 2.23. The highest BCUT2D eigenvalue weighted by Gasteiger charge is 2.55. The summed E-state index contributed by atoms with van der Waals surface area (Å²) < 4.78 is 88.7. The molecule has 1 aliphatic carbocycles. The van der Waals surface area contributed by atoms with E-state index in [4.69, 9.17) is 71.1 Å². The lowest BCUT2D eigenvalue weighted by Crippen LogP contribution is -2.65. The minimum Gasteiger partial charge on any atom is -0.506 e. The molecule has 1 saturated carbocycles. The van der Waals surface area contributed by atoms with Gasteiger partial charge in [-0.25, -0.2) is 0 Å². The van der Waals surface area contributed by atoms with Gasteiger partial charge in [0.2, 0.25) is 12.6 Å². The topological polar surface area (TPSA) is 462 Å². The molecule has 16 N–H and O–H groups in total. The van der Waals surface area contributed by atoms with Crippen LogP contribution in [0.1, 0.15) is 60.8 Å². The molecular formula is C54H100O31. The fourth-order valence-electron chi connectivity index (χ4n) is 9.95. The van der Waals surface area contributed by atoms with E-state index in [2.05, 4.69) is 0 Å².